The molecule has 4 heteroatoms. The average molecular weight is 299 g/mol. The Morgan fingerprint density at radius 2 is 1.76 bits per heavy atom. The van der Waals surface area contributed by atoms with Crippen LogP contribution < -0.4 is 9.47 Å². The number of rotatable bonds is 5. The number of methoxy groups -OCH3 is 2. The Balaban J connectivity index is 1.75. The molecule has 0 fully saturated rings. The second-order valence-electron chi connectivity index (χ2n) is 4.76. The third-order valence-electron chi connectivity index (χ3n) is 3.41. The number of fused-ring (bicyclic) bond motifs is 1. The van der Waals surface area contributed by atoms with Crippen molar-refractivity contribution in [3.63, 3.8) is 0 Å². The maximum atomic E-state index is 5.34. The van der Waals surface area contributed by atoms with E-state index in [4.69, 9.17) is 9.47 Å². The van der Waals surface area contributed by atoms with Crippen molar-refractivity contribution in [3.05, 3.63) is 53.0 Å². The lowest BCUT2D eigenvalue weighted by Crippen LogP contribution is -1.94. The summed E-state index contributed by atoms with van der Waals surface area (Å²) in [5.41, 5.74) is 2.32. The van der Waals surface area contributed by atoms with E-state index in [2.05, 4.69) is 29.2 Å². The normalized spacial score (nSPS) is 10.8. The highest BCUT2D eigenvalue weighted by molar-refractivity contribution is 7.18. The number of benzene rings is 2. The number of thiazole rings is 1. The lowest BCUT2D eigenvalue weighted by molar-refractivity contribution is 0.354. The number of aryl methyl sites for hydroxylation is 2. The first-order valence-electron chi connectivity index (χ1n) is 6.85. The first-order valence-corrected chi connectivity index (χ1v) is 7.67. The number of hydrogen-bond donors (Lipinski definition) is 0. The van der Waals surface area contributed by atoms with Gasteiger partial charge in [-0.1, -0.05) is 18.2 Å². The van der Waals surface area contributed by atoms with E-state index in [0.717, 1.165) is 29.9 Å². The van der Waals surface area contributed by atoms with Crippen LogP contribution in [0.25, 0.3) is 10.2 Å². The maximum Gasteiger partial charge on any atom is 0.160 e. The molecule has 0 atom stereocenters. The summed E-state index contributed by atoms with van der Waals surface area (Å²) in [5, 5.41) is 1.17. The molecule has 0 aliphatic carbocycles. The Bertz CT molecular complexity index is 718. The monoisotopic (exact) mass is 299 g/mol. The zero-order chi connectivity index (χ0) is 14.7. The fourth-order valence-electron chi connectivity index (χ4n) is 2.31. The molecule has 2 aromatic carbocycles. The van der Waals surface area contributed by atoms with Gasteiger partial charge in [-0.25, -0.2) is 4.98 Å². The summed E-state index contributed by atoms with van der Waals surface area (Å²) in [6.45, 7) is 0. The predicted molar refractivity (Wildman–Crippen MR) is 86.6 cm³/mol. The van der Waals surface area contributed by atoms with E-state index in [1.807, 2.05) is 18.2 Å². The Labute approximate surface area is 128 Å². The molecule has 3 aromatic rings. The zero-order valence-corrected chi connectivity index (χ0v) is 12.9. The molecule has 0 saturated carbocycles. The third kappa shape index (κ3) is 3.00. The highest BCUT2D eigenvalue weighted by Crippen LogP contribution is 2.28. The molecule has 108 valence electrons. The van der Waals surface area contributed by atoms with Crippen LogP contribution in [-0.4, -0.2) is 19.2 Å². The molecule has 0 saturated heterocycles. The molecule has 3 rings (SSSR count). The molecule has 0 aliphatic heterocycles. The first-order chi connectivity index (χ1) is 10.3. The number of aromatic nitrogens is 1. The molecule has 0 bridgehead atoms. The molecule has 0 spiro atoms. The van der Waals surface area contributed by atoms with Gasteiger partial charge in [0.15, 0.2) is 11.5 Å². The Hall–Kier alpha value is -2.07. The molecule has 21 heavy (non-hydrogen) atoms. The fourth-order valence-corrected chi connectivity index (χ4v) is 3.28. The van der Waals surface area contributed by atoms with Crippen molar-refractivity contribution in [2.45, 2.75) is 12.8 Å². The molecule has 0 N–H and O–H groups in total. The average Bonchev–Trinajstić information content (AvgIpc) is 2.95. The minimum atomic E-state index is 0.765. The van der Waals surface area contributed by atoms with Gasteiger partial charge in [0, 0.05) is 6.42 Å². The highest BCUT2D eigenvalue weighted by Gasteiger charge is 2.07. The lowest BCUT2D eigenvalue weighted by Gasteiger charge is -2.09. The highest BCUT2D eigenvalue weighted by atomic mass is 32.1. The van der Waals surface area contributed by atoms with Gasteiger partial charge in [-0.3, -0.25) is 0 Å². The van der Waals surface area contributed by atoms with E-state index in [-0.39, 0.29) is 0 Å². The fraction of sp³-hybridized carbons (Fsp3) is 0.235. The maximum absolute atomic E-state index is 5.34. The van der Waals surface area contributed by atoms with Crippen molar-refractivity contribution in [2.75, 3.05) is 14.2 Å². The van der Waals surface area contributed by atoms with E-state index < -0.39 is 0 Å². The zero-order valence-electron chi connectivity index (χ0n) is 12.1. The van der Waals surface area contributed by atoms with Crippen LogP contribution in [0.15, 0.2) is 42.5 Å². The van der Waals surface area contributed by atoms with Gasteiger partial charge in [-0.15, -0.1) is 11.3 Å². The number of hydrogen-bond acceptors (Lipinski definition) is 4. The smallest absolute Gasteiger partial charge is 0.160 e. The first kappa shape index (κ1) is 13.9. The van der Waals surface area contributed by atoms with Crippen LogP contribution in [0.1, 0.15) is 10.6 Å². The standard InChI is InChI=1S/C17H17NO2S/c1-19-14-9-7-12(11-15(14)20-2)8-10-17-18-13-5-3-4-6-16(13)21-17/h3-7,9,11H,8,10H2,1-2H3. The summed E-state index contributed by atoms with van der Waals surface area (Å²) in [7, 11) is 3.31. The van der Waals surface area contributed by atoms with Crippen LogP contribution in [0, 0.1) is 0 Å². The summed E-state index contributed by atoms with van der Waals surface area (Å²) in [4.78, 5) is 4.67. The van der Waals surface area contributed by atoms with Crippen molar-refractivity contribution < 1.29 is 9.47 Å². The molecule has 1 aromatic heterocycles. The van der Waals surface area contributed by atoms with E-state index in [1.54, 1.807) is 25.6 Å². The van der Waals surface area contributed by atoms with Crippen LogP contribution in [-0.2, 0) is 12.8 Å². The molecule has 0 aliphatic rings. The van der Waals surface area contributed by atoms with Gasteiger partial charge < -0.3 is 9.47 Å². The van der Waals surface area contributed by atoms with Crippen molar-refractivity contribution in [1.82, 2.24) is 4.98 Å². The van der Waals surface area contributed by atoms with Crippen molar-refractivity contribution in [1.29, 1.82) is 0 Å². The van der Waals surface area contributed by atoms with Gasteiger partial charge in [0.25, 0.3) is 0 Å². The van der Waals surface area contributed by atoms with Crippen molar-refractivity contribution in [2.24, 2.45) is 0 Å². The summed E-state index contributed by atoms with van der Waals surface area (Å²) in [6, 6.07) is 14.3. The van der Waals surface area contributed by atoms with E-state index >= 15 is 0 Å². The Morgan fingerprint density at radius 1 is 0.952 bits per heavy atom. The molecule has 0 radical (unpaired) electrons. The van der Waals surface area contributed by atoms with Gasteiger partial charge >= 0.3 is 0 Å². The Kier molecular flexibility index (Phi) is 4.06. The number of para-hydroxylation sites is 1. The molecular formula is C17H17NO2S. The number of nitrogens with zero attached hydrogens (tertiary/aromatic N) is 1. The van der Waals surface area contributed by atoms with Gasteiger partial charge in [0.2, 0.25) is 0 Å². The van der Waals surface area contributed by atoms with Crippen LogP contribution in [0.3, 0.4) is 0 Å². The van der Waals surface area contributed by atoms with Gasteiger partial charge in [0.1, 0.15) is 0 Å². The van der Waals surface area contributed by atoms with E-state index in [0.29, 0.717) is 0 Å². The molecule has 0 amide bonds. The topological polar surface area (TPSA) is 31.4 Å². The lowest BCUT2D eigenvalue weighted by atomic mass is 10.1. The largest absolute Gasteiger partial charge is 0.493 e. The van der Waals surface area contributed by atoms with Crippen molar-refractivity contribution in [3.8, 4) is 11.5 Å². The third-order valence-corrected chi connectivity index (χ3v) is 4.51. The van der Waals surface area contributed by atoms with E-state index in [9.17, 15) is 0 Å². The van der Waals surface area contributed by atoms with Crippen LogP contribution in [0.2, 0.25) is 0 Å². The second kappa shape index (κ2) is 6.14. The molecular weight excluding hydrogens is 282 g/mol. The summed E-state index contributed by atoms with van der Waals surface area (Å²) in [5.74, 6) is 1.54. The molecule has 3 nitrogen and oxygen atoms in total. The quantitative estimate of drug-likeness (QED) is 0.711. The van der Waals surface area contributed by atoms with Crippen LogP contribution in [0.5, 0.6) is 11.5 Å². The van der Waals surface area contributed by atoms with E-state index in [1.165, 1.54) is 15.3 Å². The van der Waals surface area contributed by atoms with Crippen LogP contribution in [0.4, 0.5) is 0 Å². The minimum absolute atomic E-state index is 0.765. The van der Waals surface area contributed by atoms with Gasteiger partial charge in [-0.05, 0) is 36.2 Å². The van der Waals surface area contributed by atoms with Crippen molar-refractivity contribution >= 4 is 21.6 Å². The van der Waals surface area contributed by atoms with Gasteiger partial charge in [-0.2, -0.15) is 0 Å². The molecule has 1 heterocycles. The summed E-state index contributed by atoms with van der Waals surface area (Å²) < 4.78 is 11.8. The summed E-state index contributed by atoms with van der Waals surface area (Å²) in [6.07, 6.45) is 1.88. The minimum Gasteiger partial charge on any atom is -0.493 e. The predicted octanol–water partition coefficient (Wildman–Crippen LogP) is 4.10. The SMILES string of the molecule is COc1ccc(CCc2nc3ccccc3s2)cc1OC. The molecule has 0 unspecified atom stereocenters. The number of ether oxygens (including phenoxy) is 2. The summed E-state index contributed by atoms with van der Waals surface area (Å²) >= 11 is 1.77. The Morgan fingerprint density at radius 3 is 2.52 bits per heavy atom. The van der Waals surface area contributed by atoms with Crippen LogP contribution >= 0.6 is 11.3 Å². The van der Waals surface area contributed by atoms with Gasteiger partial charge in [0.05, 0.1) is 29.4 Å². The second-order valence-corrected chi connectivity index (χ2v) is 5.88.